The molecule has 3 amide bonds. The number of nitrogens with zero attached hydrogens (tertiary/aromatic N) is 1. The third kappa shape index (κ3) is 14.2. The summed E-state index contributed by atoms with van der Waals surface area (Å²) < 4.78 is 0.701. The Bertz CT molecular complexity index is 515. The molecule has 0 aromatic carbocycles. The molecule has 0 radical (unpaired) electrons. The number of carboxylic acids is 1. The minimum Gasteiger partial charge on any atom is -1.00 e. The summed E-state index contributed by atoms with van der Waals surface area (Å²) in [7, 11) is 6.00. The minimum atomic E-state index is -1.19. The molecule has 27 heavy (non-hydrogen) atoms. The Morgan fingerprint density at radius 1 is 1.11 bits per heavy atom. The SMILES string of the molecule is C[N+](C)(C)CCNC(=O)[C@@H](N)CCC(=O)N[C@@H](CS)C(=O)NCC(=O)O.[Cl-]. The number of hydrogen-bond acceptors (Lipinski definition) is 6. The van der Waals surface area contributed by atoms with Crippen molar-refractivity contribution in [3.05, 3.63) is 0 Å². The van der Waals surface area contributed by atoms with E-state index in [0.29, 0.717) is 11.0 Å². The molecule has 2 atom stereocenters. The third-order valence-electron chi connectivity index (χ3n) is 3.35. The molecule has 0 fully saturated rings. The summed E-state index contributed by atoms with van der Waals surface area (Å²) in [6.45, 7) is 0.680. The van der Waals surface area contributed by atoms with Crippen molar-refractivity contribution in [2.75, 3.05) is 46.5 Å². The number of aliphatic carboxylic acids is 1. The Kier molecular flexibility index (Phi) is 13.9. The van der Waals surface area contributed by atoms with Gasteiger partial charge in [-0.3, -0.25) is 19.2 Å². The van der Waals surface area contributed by atoms with E-state index in [1.807, 2.05) is 21.1 Å². The lowest BCUT2D eigenvalue weighted by Gasteiger charge is -2.24. The first-order valence-corrected chi connectivity index (χ1v) is 8.83. The maximum absolute atomic E-state index is 11.9. The van der Waals surface area contributed by atoms with E-state index < -0.39 is 36.4 Å². The lowest BCUT2D eigenvalue weighted by molar-refractivity contribution is -0.869. The van der Waals surface area contributed by atoms with E-state index in [1.165, 1.54) is 0 Å². The fourth-order valence-corrected chi connectivity index (χ4v) is 2.07. The number of carbonyl (C=O) groups is 4. The van der Waals surface area contributed by atoms with Gasteiger partial charge in [-0.15, -0.1) is 0 Å². The van der Waals surface area contributed by atoms with E-state index >= 15 is 0 Å². The Morgan fingerprint density at radius 2 is 1.70 bits per heavy atom. The zero-order valence-corrected chi connectivity index (χ0v) is 17.5. The first-order valence-electron chi connectivity index (χ1n) is 8.19. The van der Waals surface area contributed by atoms with Crippen molar-refractivity contribution in [1.82, 2.24) is 16.0 Å². The molecule has 0 heterocycles. The molecule has 0 unspecified atom stereocenters. The maximum atomic E-state index is 11.9. The molecule has 0 spiro atoms. The molecule has 12 heteroatoms. The van der Waals surface area contributed by atoms with Crippen molar-refractivity contribution in [2.24, 2.45) is 5.73 Å². The van der Waals surface area contributed by atoms with Crippen molar-refractivity contribution < 1.29 is 41.2 Å². The Hall–Kier alpha value is -1.56. The van der Waals surface area contributed by atoms with Crippen molar-refractivity contribution in [3.8, 4) is 0 Å². The quantitative estimate of drug-likeness (QED) is 0.135. The molecule has 0 aliphatic heterocycles. The normalized spacial score (nSPS) is 12.9. The first kappa shape index (κ1) is 27.7. The zero-order valence-electron chi connectivity index (χ0n) is 15.8. The predicted molar refractivity (Wildman–Crippen MR) is 99.5 cm³/mol. The van der Waals surface area contributed by atoms with Crippen LogP contribution in [0.5, 0.6) is 0 Å². The largest absolute Gasteiger partial charge is 1.00 e. The van der Waals surface area contributed by atoms with E-state index in [-0.39, 0.29) is 36.9 Å². The van der Waals surface area contributed by atoms with E-state index in [9.17, 15) is 19.2 Å². The van der Waals surface area contributed by atoms with Gasteiger partial charge in [0, 0.05) is 12.2 Å². The van der Waals surface area contributed by atoms with Crippen molar-refractivity contribution >= 4 is 36.3 Å². The molecule has 0 saturated carbocycles. The summed E-state index contributed by atoms with van der Waals surface area (Å²) >= 11 is 3.96. The van der Waals surface area contributed by atoms with Gasteiger partial charge in [-0.1, -0.05) is 0 Å². The van der Waals surface area contributed by atoms with E-state index in [2.05, 4.69) is 28.6 Å². The van der Waals surface area contributed by atoms with Crippen LogP contribution in [0.3, 0.4) is 0 Å². The Morgan fingerprint density at radius 3 is 2.19 bits per heavy atom. The monoisotopic (exact) mass is 427 g/mol. The lowest BCUT2D eigenvalue weighted by atomic mass is 10.1. The predicted octanol–water partition coefficient (Wildman–Crippen LogP) is -5.46. The number of hydrogen-bond donors (Lipinski definition) is 6. The highest BCUT2D eigenvalue weighted by Gasteiger charge is 2.21. The van der Waals surface area contributed by atoms with Crippen LogP contribution < -0.4 is 34.1 Å². The molecule has 6 N–H and O–H groups in total. The minimum absolute atomic E-state index is 0. The number of likely N-dealkylation sites (N-methyl/N-ethyl adjacent to an activating group) is 1. The van der Waals surface area contributed by atoms with Crippen molar-refractivity contribution in [2.45, 2.75) is 24.9 Å². The molecule has 0 aliphatic carbocycles. The molecular formula is C15H30ClN5O5S. The van der Waals surface area contributed by atoms with Gasteiger partial charge < -0.3 is 43.7 Å². The topological polar surface area (TPSA) is 151 Å². The molecular weight excluding hydrogens is 398 g/mol. The van der Waals surface area contributed by atoms with Crippen LogP contribution in [0.15, 0.2) is 0 Å². The first-order chi connectivity index (χ1) is 12.0. The lowest BCUT2D eigenvalue weighted by Crippen LogP contribution is -3.00. The van der Waals surface area contributed by atoms with Crippen LogP contribution in [0.4, 0.5) is 0 Å². The average Bonchev–Trinajstić information content (AvgIpc) is 2.53. The standard InChI is InChI=1S/C15H29N5O5S.ClH/c1-20(2,3)7-6-17-14(24)10(16)4-5-12(21)19-11(9-26)15(25)18-8-13(22)23;/h10-11H,4-9,16H2,1-3H3,(H4-,17,18,19,21,22,23,24,25,26);1H/t10-,11-;/m0./s1. The number of nitrogens with one attached hydrogen (secondary N) is 3. The summed E-state index contributed by atoms with van der Waals surface area (Å²) in [5, 5.41) is 15.8. The summed E-state index contributed by atoms with van der Waals surface area (Å²) in [5.41, 5.74) is 5.76. The fraction of sp³-hybridized carbons (Fsp3) is 0.733. The molecule has 158 valence electrons. The van der Waals surface area contributed by atoms with Gasteiger partial charge in [0.15, 0.2) is 0 Å². The highest BCUT2D eigenvalue weighted by atomic mass is 35.5. The summed E-state index contributed by atoms with van der Waals surface area (Å²) in [4.78, 5) is 45.9. The van der Waals surface area contributed by atoms with E-state index in [0.717, 1.165) is 6.54 Å². The van der Waals surface area contributed by atoms with Gasteiger partial charge in [-0.05, 0) is 6.42 Å². The average molecular weight is 428 g/mol. The second-order valence-electron chi connectivity index (χ2n) is 6.86. The molecule has 0 saturated heterocycles. The van der Waals surface area contributed by atoms with Crippen LogP contribution in [-0.2, 0) is 19.2 Å². The second-order valence-corrected chi connectivity index (χ2v) is 7.23. The van der Waals surface area contributed by atoms with Crippen LogP contribution in [0.2, 0.25) is 0 Å². The molecule has 0 aliphatic rings. The fourth-order valence-electron chi connectivity index (χ4n) is 1.81. The molecule has 0 rings (SSSR count). The molecule has 0 aromatic heterocycles. The van der Waals surface area contributed by atoms with E-state index in [4.69, 9.17) is 10.8 Å². The molecule has 0 aromatic rings. The Labute approximate surface area is 171 Å². The number of rotatable bonds is 12. The van der Waals surface area contributed by atoms with Crippen LogP contribution in [-0.4, -0.2) is 91.9 Å². The van der Waals surface area contributed by atoms with Crippen LogP contribution in [0.1, 0.15) is 12.8 Å². The smallest absolute Gasteiger partial charge is 0.322 e. The van der Waals surface area contributed by atoms with Crippen LogP contribution >= 0.6 is 12.6 Å². The number of carboxylic acid groups (broad SMARTS) is 1. The summed E-state index contributed by atoms with van der Waals surface area (Å²) in [6, 6.07) is -1.79. The van der Waals surface area contributed by atoms with Gasteiger partial charge in [-0.25, -0.2) is 0 Å². The number of amides is 3. The van der Waals surface area contributed by atoms with Gasteiger partial charge in [0.1, 0.15) is 12.6 Å². The van der Waals surface area contributed by atoms with Crippen molar-refractivity contribution in [1.29, 1.82) is 0 Å². The number of thiol groups is 1. The van der Waals surface area contributed by atoms with Gasteiger partial charge in [0.2, 0.25) is 17.7 Å². The number of nitrogens with two attached hydrogens (primary N) is 1. The van der Waals surface area contributed by atoms with Gasteiger partial charge in [0.05, 0.1) is 40.3 Å². The van der Waals surface area contributed by atoms with Gasteiger partial charge in [0.25, 0.3) is 0 Å². The van der Waals surface area contributed by atoms with Crippen LogP contribution in [0, 0.1) is 0 Å². The summed E-state index contributed by atoms with van der Waals surface area (Å²) in [5.74, 6) is -2.63. The summed E-state index contributed by atoms with van der Waals surface area (Å²) in [6.07, 6.45) is 0.0818. The highest BCUT2D eigenvalue weighted by Crippen LogP contribution is 1.98. The Balaban J connectivity index is 0. The van der Waals surface area contributed by atoms with Gasteiger partial charge >= 0.3 is 5.97 Å². The van der Waals surface area contributed by atoms with Crippen LogP contribution in [0.25, 0.3) is 0 Å². The van der Waals surface area contributed by atoms with Gasteiger partial charge in [-0.2, -0.15) is 12.6 Å². The third-order valence-corrected chi connectivity index (χ3v) is 3.71. The number of halogens is 1. The number of carbonyl (C=O) groups excluding carboxylic acids is 3. The maximum Gasteiger partial charge on any atom is 0.322 e. The highest BCUT2D eigenvalue weighted by molar-refractivity contribution is 7.80. The molecule has 0 bridgehead atoms. The zero-order chi connectivity index (χ0) is 20.3. The molecule has 10 nitrogen and oxygen atoms in total. The van der Waals surface area contributed by atoms with Crippen molar-refractivity contribution in [3.63, 3.8) is 0 Å². The van der Waals surface area contributed by atoms with E-state index in [1.54, 1.807) is 0 Å². The second kappa shape index (κ2) is 13.6. The number of quaternary nitrogens is 1.